The van der Waals surface area contributed by atoms with E-state index >= 15 is 0 Å². The van der Waals surface area contributed by atoms with Crippen LogP contribution in [0.5, 0.6) is 0 Å². The van der Waals surface area contributed by atoms with Gasteiger partial charge in [0.1, 0.15) is 0 Å². The molecule has 0 bridgehead atoms. The van der Waals surface area contributed by atoms with E-state index in [2.05, 4.69) is 15.6 Å². The van der Waals surface area contributed by atoms with E-state index < -0.39 is 0 Å². The molecule has 1 amide bonds. The van der Waals surface area contributed by atoms with Gasteiger partial charge in [-0.2, -0.15) is 0 Å². The average molecular weight is 321 g/mol. The van der Waals surface area contributed by atoms with Gasteiger partial charge in [-0.3, -0.25) is 4.79 Å². The number of nitrogens with one attached hydrogen (secondary N) is 1. The Balaban J connectivity index is 1.67. The van der Waals surface area contributed by atoms with Crippen LogP contribution in [0.15, 0.2) is 54.6 Å². The molecule has 1 heterocycles. The second-order valence-electron chi connectivity index (χ2n) is 5.63. The summed E-state index contributed by atoms with van der Waals surface area (Å²) < 4.78 is 1.53. The number of carbonyl (C=O) groups is 1. The van der Waals surface area contributed by atoms with Gasteiger partial charge in [0.2, 0.25) is 0 Å². The molecule has 6 nitrogen and oxygen atoms in total. The predicted octanol–water partition coefficient (Wildman–Crippen LogP) is 2.15. The molecule has 0 saturated heterocycles. The molecular formula is C18H19N5O. The van der Waals surface area contributed by atoms with Crippen molar-refractivity contribution in [2.24, 2.45) is 0 Å². The molecule has 0 saturated carbocycles. The maximum atomic E-state index is 12.2. The molecule has 3 rings (SSSR count). The maximum Gasteiger partial charge on any atom is 0.275 e. The summed E-state index contributed by atoms with van der Waals surface area (Å²) in [5.74, 6) is -0.0624. The van der Waals surface area contributed by atoms with Crippen molar-refractivity contribution in [2.45, 2.75) is 20.0 Å². The minimum Gasteiger partial charge on any atom is -0.382 e. The number of hydrogen-bond acceptors (Lipinski definition) is 4. The summed E-state index contributed by atoms with van der Waals surface area (Å²) in [7, 11) is 0. The molecule has 2 aromatic carbocycles. The normalized spacial score (nSPS) is 10.5. The second-order valence-corrected chi connectivity index (χ2v) is 5.63. The van der Waals surface area contributed by atoms with Crippen molar-refractivity contribution in [3.05, 3.63) is 77.0 Å². The number of nitrogens with two attached hydrogens (primary N) is 1. The maximum absolute atomic E-state index is 12.2. The van der Waals surface area contributed by atoms with Gasteiger partial charge >= 0.3 is 0 Å². The molecular weight excluding hydrogens is 302 g/mol. The molecule has 0 spiro atoms. The van der Waals surface area contributed by atoms with Gasteiger partial charge in [-0.25, -0.2) is 4.68 Å². The van der Waals surface area contributed by atoms with Gasteiger partial charge in [0.15, 0.2) is 11.5 Å². The number of anilines is 1. The first-order chi connectivity index (χ1) is 11.6. The number of amides is 1. The molecule has 3 N–H and O–H groups in total. The van der Waals surface area contributed by atoms with Crippen LogP contribution in [-0.4, -0.2) is 20.9 Å². The second kappa shape index (κ2) is 6.95. The molecule has 1 aromatic heterocycles. The third kappa shape index (κ3) is 3.60. The highest BCUT2D eigenvalue weighted by atomic mass is 16.2. The van der Waals surface area contributed by atoms with Crippen LogP contribution in [0.2, 0.25) is 0 Å². The minimum absolute atomic E-state index is 0.151. The number of aryl methyl sites for hydroxylation is 1. The van der Waals surface area contributed by atoms with E-state index in [4.69, 9.17) is 5.73 Å². The van der Waals surface area contributed by atoms with Gasteiger partial charge in [-0.1, -0.05) is 65.4 Å². The Labute approximate surface area is 140 Å². The van der Waals surface area contributed by atoms with Gasteiger partial charge in [-0.15, -0.1) is 5.10 Å². The Kier molecular flexibility index (Phi) is 4.56. The Morgan fingerprint density at radius 1 is 1.08 bits per heavy atom. The topological polar surface area (TPSA) is 85.8 Å². The highest BCUT2D eigenvalue weighted by molar-refractivity contribution is 5.96. The Morgan fingerprint density at radius 3 is 2.50 bits per heavy atom. The quantitative estimate of drug-likeness (QED) is 0.754. The van der Waals surface area contributed by atoms with Gasteiger partial charge in [0, 0.05) is 6.54 Å². The Bertz CT molecular complexity index is 824. The van der Waals surface area contributed by atoms with Crippen LogP contribution in [-0.2, 0) is 13.1 Å². The minimum atomic E-state index is -0.327. The van der Waals surface area contributed by atoms with Gasteiger partial charge in [0.25, 0.3) is 5.91 Å². The van der Waals surface area contributed by atoms with E-state index in [0.717, 1.165) is 11.1 Å². The summed E-state index contributed by atoms with van der Waals surface area (Å²) in [5, 5.41) is 10.7. The van der Waals surface area contributed by atoms with Gasteiger partial charge in [-0.05, 0) is 18.1 Å². The molecule has 0 unspecified atom stereocenters. The van der Waals surface area contributed by atoms with Crippen LogP contribution in [0.4, 0.5) is 5.82 Å². The summed E-state index contributed by atoms with van der Waals surface area (Å²) in [6.45, 7) is 2.93. The first kappa shape index (κ1) is 15.7. The fourth-order valence-corrected chi connectivity index (χ4v) is 2.33. The van der Waals surface area contributed by atoms with Crippen LogP contribution in [0.25, 0.3) is 0 Å². The molecule has 0 fully saturated rings. The number of hydrogen-bond donors (Lipinski definition) is 2. The summed E-state index contributed by atoms with van der Waals surface area (Å²) >= 11 is 0. The number of nitrogens with zero attached hydrogens (tertiary/aromatic N) is 3. The summed E-state index contributed by atoms with van der Waals surface area (Å²) in [6.07, 6.45) is 0. The van der Waals surface area contributed by atoms with E-state index in [1.165, 1.54) is 10.2 Å². The van der Waals surface area contributed by atoms with Crippen LogP contribution in [0.3, 0.4) is 0 Å². The number of carbonyl (C=O) groups excluding carboxylic acids is 1. The molecule has 6 heteroatoms. The van der Waals surface area contributed by atoms with Crippen LogP contribution in [0.1, 0.15) is 27.2 Å². The third-order valence-corrected chi connectivity index (χ3v) is 3.74. The Hall–Kier alpha value is -3.15. The van der Waals surface area contributed by atoms with Crippen LogP contribution >= 0.6 is 0 Å². The number of nitrogen functional groups attached to an aromatic ring is 1. The van der Waals surface area contributed by atoms with Gasteiger partial charge < -0.3 is 11.1 Å². The van der Waals surface area contributed by atoms with E-state index in [1.54, 1.807) is 0 Å². The molecule has 0 aliphatic carbocycles. The van der Waals surface area contributed by atoms with Crippen molar-refractivity contribution < 1.29 is 4.79 Å². The number of aromatic nitrogens is 3. The lowest BCUT2D eigenvalue weighted by molar-refractivity contribution is 0.0946. The van der Waals surface area contributed by atoms with Crippen molar-refractivity contribution in [1.82, 2.24) is 20.3 Å². The van der Waals surface area contributed by atoms with E-state index in [-0.39, 0.29) is 17.4 Å². The van der Waals surface area contributed by atoms with E-state index in [9.17, 15) is 4.79 Å². The van der Waals surface area contributed by atoms with Crippen LogP contribution < -0.4 is 11.1 Å². The SMILES string of the molecule is Cc1ccc(Cn2nnc(C(=O)NCc3ccccc3)c2N)cc1. The number of rotatable bonds is 5. The zero-order valence-electron chi connectivity index (χ0n) is 13.4. The van der Waals surface area contributed by atoms with Crippen LogP contribution in [0, 0.1) is 6.92 Å². The lowest BCUT2D eigenvalue weighted by atomic mass is 10.1. The largest absolute Gasteiger partial charge is 0.382 e. The molecule has 122 valence electrons. The fourth-order valence-electron chi connectivity index (χ4n) is 2.33. The predicted molar refractivity (Wildman–Crippen MR) is 92.3 cm³/mol. The van der Waals surface area contributed by atoms with Crippen molar-refractivity contribution in [2.75, 3.05) is 5.73 Å². The lowest BCUT2D eigenvalue weighted by Gasteiger charge is -2.05. The standard InChI is InChI=1S/C18H19N5O/c1-13-7-9-15(10-8-13)12-23-17(19)16(21-22-23)18(24)20-11-14-5-3-2-4-6-14/h2-10H,11-12,19H2,1H3,(H,20,24). The summed E-state index contributed by atoms with van der Waals surface area (Å²) in [4.78, 5) is 12.2. The van der Waals surface area contributed by atoms with Crippen molar-refractivity contribution in [3.63, 3.8) is 0 Å². The Morgan fingerprint density at radius 2 is 1.79 bits per heavy atom. The van der Waals surface area contributed by atoms with E-state index in [1.807, 2.05) is 61.5 Å². The first-order valence-electron chi connectivity index (χ1n) is 7.70. The van der Waals surface area contributed by atoms with Crippen molar-refractivity contribution >= 4 is 11.7 Å². The fraction of sp³-hybridized carbons (Fsp3) is 0.167. The molecule has 24 heavy (non-hydrogen) atoms. The molecule has 0 aliphatic heterocycles. The number of benzene rings is 2. The highest BCUT2D eigenvalue weighted by Crippen LogP contribution is 2.12. The molecule has 0 aliphatic rings. The molecule has 0 radical (unpaired) electrons. The summed E-state index contributed by atoms with van der Waals surface area (Å²) in [6, 6.07) is 17.7. The zero-order chi connectivity index (χ0) is 16.9. The van der Waals surface area contributed by atoms with E-state index in [0.29, 0.717) is 13.1 Å². The van der Waals surface area contributed by atoms with Crippen molar-refractivity contribution in [3.8, 4) is 0 Å². The zero-order valence-corrected chi connectivity index (χ0v) is 13.4. The monoisotopic (exact) mass is 321 g/mol. The van der Waals surface area contributed by atoms with Gasteiger partial charge in [0.05, 0.1) is 6.54 Å². The molecule has 0 atom stereocenters. The smallest absolute Gasteiger partial charge is 0.275 e. The lowest BCUT2D eigenvalue weighted by Crippen LogP contribution is -2.24. The first-order valence-corrected chi connectivity index (χ1v) is 7.70. The average Bonchev–Trinajstić information content (AvgIpc) is 2.96. The third-order valence-electron chi connectivity index (χ3n) is 3.74. The van der Waals surface area contributed by atoms with Crippen molar-refractivity contribution in [1.29, 1.82) is 0 Å². The molecule has 3 aromatic rings. The summed E-state index contributed by atoms with van der Waals surface area (Å²) in [5.41, 5.74) is 9.43. The highest BCUT2D eigenvalue weighted by Gasteiger charge is 2.17.